The Morgan fingerprint density at radius 1 is 0.952 bits per heavy atom. The molecule has 2 aromatic rings. The van der Waals surface area contributed by atoms with Gasteiger partial charge in [0.05, 0.1) is 0 Å². The first-order valence-corrected chi connectivity index (χ1v) is 7.74. The summed E-state index contributed by atoms with van der Waals surface area (Å²) in [7, 11) is 0. The molecule has 0 radical (unpaired) electrons. The second-order valence-electron chi connectivity index (χ2n) is 5.69. The number of benzene rings is 2. The van der Waals surface area contributed by atoms with Crippen molar-refractivity contribution in [2.45, 2.75) is 25.8 Å². The van der Waals surface area contributed by atoms with Gasteiger partial charge >= 0.3 is 0 Å². The lowest BCUT2D eigenvalue weighted by Crippen LogP contribution is -2.29. The number of nitrogens with two attached hydrogens (primary N) is 1. The molecule has 1 aliphatic heterocycles. The van der Waals surface area contributed by atoms with Gasteiger partial charge in [-0.15, -0.1) is 0 Å². The summed E-state index contributed by atoms with van der Waals surface area (Å²) in [6.45, 7) is 3.18. The van der Waals surface area contributed by atoms with Crippen LogP contribution < -0.4 is 16.0 Å². The molecule has 1 aliphatic rings. The normalized spacial score (nSPS) is 15.0. The number of hydrogen-bond acceptors (Lipinski definition) is 3. The van der Waals surface area contributed by atoms with Gasteiger partial charge in [-0.25, -0.2) is 0 Å². The number of nitrogens with zero attached hydrogens (tertiary/aromatic N) is 1. The van der Waals surface area contributed by atoms with Gasteiger partial charge < -0.3 is 16.0 Å². The van der Waals surface area contributed by atoms with E-state index in [4.69, 9.17) is 5.73 Å². The van der Waals surface area contributed by atoms with Gasteiger partial charge in [-0.05, 0) is 61.2 Å². The summed E-state index contributed by atoms with van der Waals surface area (Å²) in [6, 6.07) is 16.8. The van der Waals surface area contributed by atoms with Crippen LogP contribution in [0.15, 0.2) is 48.5 Å². The van der Waals surface area contributed by atoms with Crippen molar-refractivity contribution in [3.8, 4) is 0 Å². The molecule has 0 unspecified atom stereocenters. The van der Waals surface area contributed by atoms with Crippen LogP contribution in [0.4, 0.5) is 17.1 Å². The Morgan fingerprint density at radius 2 is 1.71 bits per heavy atom. The van der Waals surface area contributed by atoms with E-state index in [9.17, 15) is 0 Å². The minimum atomic E-state index is 0.800. The van der Waals surface area contributed by atoms with Gasteiger partial charge in [-0.3, -0.25) is 0 Å². The SMILES string of the molecule is Nc1cccc(CNc2ccc(N3CCCCC3)cc2)c1. The molecule has 3 nitrogen and oxygen atoms in total. The second kappa shape index (κ2) is 6.53. The first-order valence-electron chi connectivity index (χ1n) is 7.74. The molecule has 3 N–H and O–H groups in total. The van der Waals surface area contributed by atoms with E-state index in [2.05, 4.69) is 40.5 Å². The fourth-order valence-corrected chi connectivity index (χ4v) is 2.85. The lowest BCUT2D eigenvalue weighted by molar-refractivity contribution is 0.578. The lowest BCUT2D eigenvalue weighted by atomic mass is 10.1. The maximum absolute atomic E-state index is 5.80. The molecule has 0 atom stereocenters. The molecule has 1 fully saturated rings. The largest absolute Gasteiger partial charge is 0.399 e. The molecule has 21 heavy (non-hydrogen) atoms. The summed E-state index contributed by atoms with van der Waals surface area (Å²) in [4.78, 5) is 2.48. The van der Waals surface area contributed by atoms with E-state index in [1.165, 1.54) is 43.6 Å². The van der Waals surface area contributed by atoms with Crippen molar-refractivity contribution < 1.29 is 0 Å². The highest BCUT2D eigenvalue weighted by Gasteiger charge is 2.10. The maximum atomic E-state index is 5.80. The van der Waals surface area contributed by atoms with Crippen LogP contribution in [-0.4, -0.2) is 13.1 Å². The average molecular weight is 281 g/mol. The average Bonchev–Trinajstić information content (AvgIpc) is 2.54. The summed E-state index contributed by atoms with van der Waals surface area (Å²) in [5.41, 5.74) is 10.3. The Bertz CT molecular complexity index is 571. The highest BCUT2D eigenvalue weighted by molar-refractivity contribution is 5.55. The van der Waals surface area contributed by atoms with Gasteiger partial charge in [-0.2, -0.15) is 0 Å². The lowest BCUT2D eigenvalue weighted by Gasteiger charge is -2.28. The van der Waals surface area contributed by atoms with Crippen molar-refractivity contribution in [2.24, 2.45) is 0 Å². The molecule has 2 aromatic carbocycles. The van der Waals surface area contributed by atoms with E-state index in [1.54, 1.807) is 0 Å². The fourth-order valence-electron chi connectivity index (χ4n) is 2.85. The molecule has 1 saturated heterocycles. The zero-order chi connectivity index (χ0) is 14.5. The molecular formula is C18H23N3. The minimum absolute atomic E-state index is 0.800. The predicted octanol–water partition coefficient (Wildman–Crippen LogP) is 3.87. The van der Waals surface area contributed by atoms with Gasteiger partial charge in [-0.1, -0.05) is 12.1 Å². The third kappa shape index (κ3) is 3.69. The molecule has 3 rings (SSSR count). The third-order valence-corrected chi connectivity index (χ3v) is 4.04. The molecular weight excluding hydrogens is 258 g/mol. The van der Waals surface area contributed by atoms with Gasteiger partial charge in [0.1, 0.15) is 0 Å². The summed E-state index contributed by atoms with van der Waals surface area (Å²) in [5, 5.41) is 3.44. The Morgan fingerprint density at radius 3 is 2.43 bits per heavy atom. The highest BCUT2D eigenvalue weighted by atomic mass is 15.1. The van der Waals surface area contributed by atoms with Crippen molar-refractivity contribution in [1.82, 2.24) is 0 Å². The molecule has 1 heterocycles. The van der Waals surface area contributed by atoms with Crippen molar-refractivity contribution in [3.05, 3.63) is 54.1 Å². The standard InChI is InChI=1S/C18H23N3/c19-16-6-4-5-15(13-16)14-20-17-7-9-18(10-8-17)21-11-2-1-3-12-21/h4-10,13,20H,1-3,11-12,14,19H2. The first kappa shape index (κ1) is 13.8. The Labute approximate surface area is 126 Å². The summed E-state index contributed by atoms with van der Waals surface area (Å²) in [5.74, 6) is 0. The van der Waals surface area contributed by atoms with Gasteiger partial charge in [0.2, 0.25) is 0 Å². The van der Waals surface area contributed by atoms with Crippen molar-refractivity contribution in [3.63, 3.8) is 0 Å². The summed E-state index contributed by atoms with van der Waals surface area (Å²) in [6.07, 6.45) is 4.00. The van der Waals surface area contributed by atoms with E-state index < -0.39 is 0 Å². The van der Waals surface area contributed by atoms with E-state index in [0.29, 0.717) is 0 Å². The summed E-state index contributed by atoms with van der Waals surface area (Å²) >= 11 is 0. The van der Waals surface area contributed by atoms with Crippen LogP contribution in [0.3, 0.4) is 0 Å². The van der Waals surface area contributed by atoms with Crippen LogP contribution in [0.5, 0.6) is 0 Å². The molecule has 0 bridgehead atoms. The molecule has 3 heteroatoms. The Kier molecular flexibility index (Phi) is 4.29. The number of nitrogens with one attached hydrogen (secondary N) is 1. The Balaban J connectivity index is 1.59. The number of hydrogen-bond donors (Lipinski definition) is 2. The van der Waals surface area contributed by atoms with Gasteiger partial charge in [0.25, 0.3) is 0 Å². The van der Waals surface area contributed by atoms with Crippen LogP contribution in [0.1, 0.15) is 24.8 Å². The molecule has 0 spiro atoms. The quantitative estimate of drug-likeness (QED) is 0.836. The maximum Gasteiger partial charge on any atom is 0.0401 e. The van der Waals surface area contributed by atoms with Crippen LogP contribution in [0.2, 0.25) is 0 Å². The molecule has 0 aliphatic carbocycles. The number of rotatable bonds is 4. The number of piperidine rings is 1. The van der Waals surface area contributed by atoms with Crippen LogP contribution >= 0.6 is 0 Å². The second-order valence-corrected chi connectivity index (χ2v) is 5.69. The molecule has 110 valence electrons. The zero-order valence-electron chi connectivity index (χ0n) is 12.4. The van der Waals surface area contributed by atoms with Crippen molar-refractivity contribution in [1.29, 1.82) is 0 Å². The van der Waals surface area contributed by atoms with Crippen molar-refractivity contribution in [2.75, 3.05) is 29.0 Å². The van der Waals surface area contributed by atoms with E-state index in [1.807, 2.05) is 18.2 Å². The Hall–Kier alpha value is -2.16. The molecule has 0 amide bonds. The van der Waals surface area contributed by atoms with E-state index in [0.717, 1.165) is 17.9 Å². The summed E-state index contributed by atoms with van der Waals surface area (Å²) < 4.78 is 0. The highest BCUT2D eigenvalue weighted by Crippen LogP contribution is 2.22. The topological polar surface area (TPSA) is 41.3 Å². The first-order chi connectivity index (χ1) is 10.3. The van der Waals surface area contributed by atoms with Crippen LogP contribution in [0.25, 0.3) is 0 Å². The third-order valence-electron chi connectivity index (χ3n) is 4.04. The van der Waals surface area contributed by atoms with Crippen LogP contribution in [-0.2, 0) is 6.54 Å². The van der Waals surface area contributed by atoms with Crippen LogP contribution in [0, 0.1) is 0 Å². The number of anilines is 3. The fraction of sp³-hybridized carbons (Fsp3) is 0.333. The van der Waals surface area contributed by atoms with Crippen molar-refractivity contribution >= 4 is 17.1 Å². The molecule has 0 saturated carbocycles. The zero-order valence-corrected chi connectivity index (χ0v) is 12.4. The monoisotopic (exact) mass is 281 g/mol. The van der Waals surface area contributed by atoms with E-state index in [-0.39, 0.29) is 0 Å². The smallest absolute Gasteiger partial charge is 0.0401 e. The van der Waals surface area contributed by atoms with Gasteiger partial charge in [0, 0.05) is 36.7 Å². The predicted molar refractivity (Wildman–Crippen MR) is 90.7 cm³/mol. The minimum Gasteiger partial charge on any atom is -0.399 e. The van der Waals surface area contributed by atoms with Gasteiger partial charge in [0.15, 0.2) is 0 Å². The molecule has 0 aromatic heterocycles. The van der Waals surface area contributed by atoms with E-state index >= 15 is 0 Å². The number of nitrogen functional groups attached to an aromatic ring is 1.